The van der Waals surface area contributed by atoms with E-state index in [9.17, 15) is 0 Å². The summed E-state index contributed by atoms with van der Waals surface area (Å²) < 4.78 is 1.34. The largest absolute Gasteiger partial charge is 0.245 e. The topological polar surface area (TPSA) is 12.9 Å². The first kappa shape index (κ1) is 10.2. The number of aromatic nitrogens is 1. The Morgan fingerprint density at radius 3 is 2.89 bits per heavy atom. The van der Waals surface area contributed by atoms with Crippen LogP contribution in [0, 0.1) is 0 Å². The Bertz CT molecular complexity index is 809. The lowest BCUT2D eigenvalue weighted by Crippen LogP contribution is -1.71. The van der Waals surface area contributed by atoms with E-state index in [0.717, 1.165) is 4.83 Å². The van der Waals surface area contributed by atoms with Gasteiger partial charge in [0.2, 0.25) is 0 Å². The third kappa shape index (κ3) is 1.48. The Morgan fingerprint density at radius 1 is 1.00 bits per heavy atom. The van der Waals surface area contributed by atoms with Crippen LogP contribution in [0.2, 0.25) is 0 Å². The van der Waals surface area contributed by atoms with Crippen molar-refractivity contribution in [2.24, 2.45) is 0 Å². The van der Waals surface area contributed by atoms with Crippen molar-refractivity contribution < 1.29 is 0 Å². The van der Waals surface area contributed by atoms with Crippen molar-refractivity contribution in [2.75, 3.05) is 0 Å². The maximum Gasteiger partial charge on any atom is 0.123 e. The van der Waals surface area contributed by atoms with Crippen LogP contribution in [0.25, 0.3) is 30.7 Å². The van der Waals surface area contributed by atoms with Gasteiger partial charge in [-0.05, 0) is 29.7 Å². The van der Waals surface area contributed by atoms with Crippen LogP contribution in [-0.4, -0.2) is 4.98 Å². The summed E-state index contributed by atoms with van der Waals surface area (Å²) >= 11 is 3.56. The van der Waals surface area contributed by atoms with Crippen LogP contribution in [0.5, 0.6) is 0 Å². The first-order valence-corrected chi connectivity index (χ1v) is 7.42. The molecule has 0 saturated heterocycles. The van der Waals surface area contributed by atoms with E-state index in [1.165, 1.54) is 25.9 Å². The fourth-order valence-electron chi connectivity index (χ4n) is 2.17. The van der Waals surface area contributed by atoms with E-state index in [4.69, 9.17) is 0 Å². The van der Waals surface area contributed by atoms with Gasteiger partial charge in [-0.2, -0.15) is 0 Å². The Labute approximate surface area is 112 Å². The Kier molecular flexibility index (Phi) is 2.22. The zero-order valence-corrected chi connectivity index (χ0v) is 11.1. The lowest BCUT2D eigenvalue weighted by atomic mass is 10.1. The van der Waals surface area contributed by atoms with E-state index in [2.05, 4.69) is 46.8 Å². The molecule has 4 rings (SSSR count). The molecule has 3 heteroatoms. The standard InChI is InChI=1S/C15H9NS2/c1-2-6-13-10(4-1)8-14(18-13)12-9-17-15-11(12)5-3-7-16-15/h1-9H. The number of thiophene rings is 2. The molecule has 1 nitrogen and oxygen atoms in total. The van der Waals surface area contributed by atoms with Crippen LogP contribution >= 0.6 is 22.7 Å². The first-order valence-electron chi connectivity index (χ1n) is 5.73. The van der Waals surface area contributed by atoms with E-state index in [0.29, 0.717) is 0 Å². The molecule has 0 amide bonds. The maximum absolute atomic E-state index is 4.40. The summed E-state index contributed by atoms with van der Waals surface area (Å²) in [4.78, 5) is 6.85. The predicted molar refractivity (Wildman–Crippen MR) is 80.4 cm³/mol. The van der Waals surface area contributed by atoms with Gasteiger partial charge < -0.3 is 0 Å². The minimum absolute atomic E-state index is 1.12. The van der Waals surface area contributed by atoms with E-state index in [1.807, 2.05) is 23.6 Å². The Morgan fingerprint density at radius 2 is 1.94 bits per heavy atom. The molecule has 0 bridgehead atoms. The average molecular weight is 267 g/mol. The number of pyridine rings is 1. The van der Waals surface area contributed by atoms with Crippen LogP contribution in [0.1, 0.15) is 0 Å². The second-order valence-electron chi connectivity index (χ2n) is 4.15. The second-order valence-corrected chi connectivity index (χ2v) is 6.10. The molecule has 0 radical (unpaired) electrons. The lowest BCUT2D eigenvalue weighted by molar-refractivity contribution is 1.45. The molecule has 3 heterocycles. The van der Waals surface area contributed by atoms with Gasteiger partial charge >= 0.3 is 0 Å². The molecule has 0 aliphatic rings. The molecule has 0 unspecified atom stereocenters. The third-order valence-electron chi connectivity index (χ3n) is 3.04. The van der Waals surface area contributed by atoms with Crippen LogP contribution in [0.3, 0.4) is 0 Å². The number of fused-ring (bicyclic) bond motifs is 2. The maximum atomic E-state index is 4.40. The molecule has 86 valence electrons. The molecular formula is C15H9NS2. The predicted octanol–water partition coefficient (Wildman–Crippen LogP) is 5.18. The van der Waals surface area contributed by atoms with Crippen LogP contribution in [0.15, 0.2) is 54.0 Å². The molecular weight excluding hydrogens is 258 g/mol. The van der Waals surface area contributed by atoms with Crippen molar-refractivity contribution in [1.29, 1.82) is 0 Å². The molecule has 0 aliphatic heterocycles. The molecule has 0 atom stereocenters. The summed E-state index contributed by atoms with van der Waals surface area (Å²) in [6.07, 6.45) is 1.85. The summed E-state index contributed by atoms with van der Waals surface area (Å²) in [7, 11) is 0. The highest BCUT2D eigenvalue weighted by Gasteiger charge is 2.09. The number of benzene rings is 1. The van der Waals surface area contributed by atoms with E-state index in [1.54, 1.807) is 11.3 Å². The summed E-state index contributed by atoms with van der Waals surface area (Å²) in [5, 5.41) is 4.79. The van der Waals surface area contributed by atoms with Crippen molar-refractivity contribution >= 4 is 43.0 Å². The Balaban J connectivity index is 2.01. The number of hydrogen-bond donors (Lipinski definition) is 0. The highest BCUT2D eigenvalue weighted by Crippen LogP contribution is 2.39. The highest BCUT2D eigenvalue weighted by molar-refractivity contribution is 7.23. The molecule has 0 saturated carbocycles. The number of rotatable bonds is 1. The summed E-state index contributed by atoms with van der Waals surface area (Å²) in [6, 6.07) is 15.0. The Hall–Kier alpha value is -1.71. The second kappa shape index (κ2) is 3.90. The van der Waals surface area contributed by atoms with Gasteiger partial charge in [0, 0.05) is 32.1 Å². The number of nitrogens with zero attached hydrogens (tertiary/aromatic N) is 1. The normalized spacial score (nSPS) is 11.3. The fourth-order valence-corrected chi connectivity index (χ4v) is 4.25. The summed E-state index contributed by atoms with van der Waals surface area (Å²) in [6.45, 7) is 0. The van der Waals surface area contributed by atoms with Gasteiger partial charge in [-0.3, -0.25) is 0 Å². The summed E-state index contributed by atoms with van der Waals surface area (Å²) in [5.41, 5.74) is 1.31. The zero-order valence-electron chi connectivity index (χ0n) is 9.46. The van der Waals surface area contributed by atoms with Crippen LogP contribution in [-0.2, 0) is 0 Å². The van der Waals surface area contributed by atoms with E-state index in [-0.39, 0.29) is 0 Å². The van der Waals surface area contributed by atoms with Gasteiger partial charge in [0.1, 0.15) is 4.83 Å². The molecule has 3 aromatic heterocycles. The van der Waals surface area contributed by atoms with Gasteiger partial charge in [-0.1, -0.05) is 18.2 Å². The van der Waals surface area contributed by atoms with Gasteiger partial charge in [-0.25, -0.2) is 4.98 Å². The SMILES string of the molecule is c1ccc2sc(-c3csc4ncccc34)cc2c1. The van der Waals surface area contributed by atoms with Gasteiger partial charge in [0.15, 0.2) is 0 Å². The smallest absolute Gasteiger partial charge is 0.123 e. The first-order chi connectivity index (χ1) is 8.92. The molecule has 4 aromatic rings. The quantitative estimate of drug-likeness (QED) is 0.463. The lowest BCUT2D eigenvalue weighted by Gasteiger charge is -1.93. The summed E-state index contributed by atoms with van der Waals surface area (Å²) in [5.74, 6) is 0. The van der Waals surface area contributed by atoms with Crippen molar-refractivity contribution in [3.8, 4) is 10.4 Å². The van der Waals surface area contributed by atoms with Crippen molar-refractivity contribution in [1.82, 2.24) is 4.98 Å². The average Bonchev–Trinajstić information content (AvgIpc) is 3.02. The molecule has 0 aliphatic carbocycles. The minimum atomic E-state index is 1.12. The van der Waals surface area contributed by atoms with E-state index < -0.39 is 0 Å². The molecule has 0 spiro atoms. The van der Waals surface area contributed by atoms with Crippen molar-refractivity contribution in [2.45, 2.75) is 0 Å². The molecule has 18 heavy (non-hydrogen) atoms. The minimum Gasteiger partial charge on any atom is -0.245 e. The van der Waals surface area contributed by atoms with Crippen molar-refractivity contribution in [3.63, 3.8) is 0 Å². The highest BCUT2D eigenvalue weighted by atomic mass is 32.1. The van der Waals surface area contributed by atoms with Crippen LogP contribution in [0.4, 0.5) is 0 Å². The van der Waals surface area contributed by atoms with Crippen molar-refractivity contribution in [3.05, 3.63) is 54.0 Å². The monoisotopic (exact) mass is 267 g/mol. The van der Waals surface area contributed by atoms with Gasteiger partial charge in [-0.15, -0.1) is 22.7 Å². The van der Waals surface area contributed by atoms with Crippen LogP contribution < -0.4 is 0 Å². The molecule has 0 fully saturated rings. The molecule has 0 N–H and O–H groups in total. The van der Waals surface area contributed by atoms with E-state index >= 15 is 0 Å². The van der Waals surface area contributed by atoms with Gasteiger partial charge in [0.25, 0.3) is 0 Å². The third-order valence-corrected chi connectivity index (χ3v) is 5.09. The zero-order chi connectivity index (χ0) is 11.9. The number of hydrogen-bond acceptors (Lipinski definition) is 3. The fraction of sp³-hybridized carbons (Fsp3) is 0. The molecule has 1 aromatic carbocycles. The van der Waals surface area contributed by atoms with Gasteiger partial charge in [0.05, 0.1) is 0 Å².